The fourth-order valence-electron chi connectivity index (χ4n) is 6.05. The van der Waals surface area contributed by atoms with Crippen LogP contribution in [0, 0.1) is 0 Å². The van der Waals surface area contributed by atoms with Crippen molar-refractivity contribution >= 4 is 5.97 Å². The first-order valence-electron chi connectivity index (χ1n) is 17.1. The van der Waals surface area contributed by atoms with Crippen LogP contribution in [0.3, 0.4) is 0 Å². The molecule has 53 heavy (non-hydrogen) atoms. The lowest BCUT2D eigenvalue weighted by molar-refractivity contribution is -0.187. The van der Waals surface area contributed by atoms with Crippen LogP contribution in [0.4, 0.5) is 0 Å². The molecule has 6 nitrogen and oxygen atoms in total. The Morgan fingerprint density at radius 1 is 0.491 bits per heavy atom. The molecule has 6 heteroatoms. The number of rotatable bonds is 14. The van der Waals surface area contributed by atoms with Gasteiger partial charge in [0.15, 0.2) is 0 Å². The normalized spacial score (nSPS) is 11.6. The van der Waals surface area contributed by atoms with E-state index in [4.69, 9.17) is 18.9 Å². The van der Waals surface area contributed by atoms with Gasteiger partial charge in [-0.15, -0.1) is 0 Å². The summed E-state index contributed by atoms with van der Waals surface area (Å²) in [6.45, 7) is 4.16. The van der Waals surface area contributed by atoms with Crippen LogP contribution in [0.25, 0.3) is 22.3 Å². The summed E-state index contributed by atoms with van der Waals surface area (Å²) < 4.78 is 24.5. The predicted molar refractivity (Wildman–Crippen MR) is 207 cm³/mol. The molecule has 260 valence electrons. The van der Waals surface area contributed by atoms with Crippen molar-refractivity contribution in [2.75, 3.05) is 0 Å². The summed E-state index contributed by atoms with van der Waals surface area (Å²) in [7, 11) is 0. The zero-order valence-corrected chi connectivity index (χ0v) is 28.7. The van der Waals surface area contributed by atoms with Crippen LogP contribution >= 0.6 is 0 Å². The molecule has 1 N–H and O–H groups in total. The van der Waals surface area contributed by atoms with Crippen LogP contribution in [-0.4, -0.2) is 17.4 Å². The lowest BCUT2D eigenvalue weighted by Crippen LogP contribution is -2.40. The van der Waals surface area contributed by atoms with Crippen LogP contribution in [0.2, 0.25) is 0 Å². The molecule has 0 spiro atoms. The van der Waals surface area contributed by atoms with Gasteiger partial charge in [0.25, 0.3) is 0 Å². The fourth-order valence-corrected chi connectivity index (χ4v) is 6.05. The Bertz CT molecular complexity index is 2140. The van der Waals surface area contributed by atoms with Gasteiger partial charge in [0.05, 0.1) is 0 Å². The molecule has 0 aliphatic carbocycles. The summed E-state index contributed by atoms with van der Waals surface area (Å²) in [4.78, 5) is 12.7. The molecule has 0 aliphatic rings. The van der Waals surface area contributed by atoms with Crippen molar-refractivity contribution in [3.8, 4) is 51.0 Å². The van der Waals surface area contributed by atoms with Crippen LogP contribution in [-0.2, 0) is 15.1 Å². The van der Waals surface area contributed by atoms with Gasteiger partial charge in [-0.25, -0.2) is 4.79 Å². The second-order valence-electron chi connectivity index (χ2n) is 12.2. The molecule has 0 aliphatic heterocycles. The first-order valence-corrected chi connectivity index (χ1v) is 17.1. The molecule has 0 radical (unpaired) electrons. The van der Waals surface area contributed by atoms with E-state index >= 15 is 0 Å². The van der Waals surface area contributed by atoms with Crippen LogP contribution in [0.1, 0.15) is 11.1 Å². The molecule has 7 rings (SSSR count). The molecule has 0 heterocycles. The van der Waals surface area contributed by atoms with E-state index in [9.17, 15) is 9.90 Å². The van der Waals surface area contributed by atoms with Crippen molar-refractivity contribution < 1.29 is 28.8 Å². The highest BCUT2D eigenvalue weighted by molar-refractivity contribution is 5.72. The second kappa shape index (κ2) is 16.0. The zero-order valence-electron chi connectivity index (χ0n) is 28.7. The standard InChI is InChI=1S/C47H36O6/c1-2-47(53-46(45(48)49)52-42-20-10-5-11-21-42,38-28-24-34(25-29-38)36-14-12-22-43(32-36)50-40-16-6-3-7-17-40)39-30-26-35(27-31-39)37-15-13-23-44(33-37)51-41-18-8-4-9-19-41/h2-33,46H,1H2,(H,48,49). The lowest BCUT2D eigenvalue weighted by atomic mass is 9.84. The molecule has 7 aromatic carbocycles. The molecule has 0 amide bonds. The third kappa shape index (κ3) is 8.20. The number of ether oxygens (including phenoxy) is 4. The summed E-state index contributed by atoms with van der Waals surface area (Å²) in [6.07, 6.45) is -0.0439. The smallest absolute Gasteiger partial charge is 0.373 e. The van der Waals surface area contributed by atoms with E-state index in [1.807, 2.05) is 164 Å². The predicted octanol–water partition coefficient (Wildman–Crippen LogP) is 11.5. The topological polar surface area (TPSA) is 74.2 Å². The number of para-hydroxylation sites is 3. The SMILES string of the molecule is C=CC(OC(Oc1ccccc1)C(=O)O)(c1ccc(-c2cccc(Oc3ccccc3)c2)cc1)c1ccc(-c2cccc(Oc3ccccc3)c2)cc1. The molecular formula is C47H36O6. The van der Waals surface area contributed by atoms with Crippen LogP contribution in [0.15, 0.2) is 201 Å². The Morgan fingerprint density at radius 2 is 0.887 bits per heavy atom. The van der Waals surface area contributed by atoms with E-state index in [1.165, 1.54) is 0 Å². The van der Waals surface area contributed by atoms with E-state index in [1.54, 1.807) is 30.3 Å². The van der Waals surface area contributed by atoms with Gasteiger partial charge in [0, 0.05) is 0 Å². The van der Waals surface area contributed by atoms with Gasteiger partial charge in [-0.1, -0.05) is 140 Å². The highest BCUT2D eigenvalue weighted by Crippen LogP contribution is 2.39. The Balaban J connectivity index is 1.22. The van der Waals surface area contributed by atoms with Gasteiger partial charge in [0.1, 0.15) is 34.3 Å². The van der Waals surface area contributed by atoms with Crippen molar-refractivity contribution in [1.82, 2.24) is 0 Å². The van der Waals surface area contributed by atoms with Crippen LogP contribution < -0.4 is 14.2 Å². The monoisotopic (exact) mass is 696 g/mol. The van der Waals surface area contributed by atoms with Gasteiger partial charge in [-0.2, -0.15) is 0 Å². The van der Waals surface area contributed by atoms with Crippen molar-refractivity contribution in [2.24, 2.45) is 0 Å². The third-order valence-electron chi connectivity index (χ3n) is 8.69. The summed E-state index contributed by atoms with van der Waals surface area (Å²) in [5.41, 5.74) is 3.71. The summed E-state index contributed by atoms with van der Waals surface area (Å²) in [5.74, 6) is 2.00. The number of aliphatic carboxylic acids is 1. The maximum absolute atomic E-state index is 12.7. The average Bonchev–Trinajstić information content (AvgIpc) is 3.21. The number of carboxylic acids is 1. The minimum Gasteiger partial charge on any atom is -0.477 e. The minimum atomic E-state index is -1.66. The number of benzene rings is 7. The molecule has 0 bridgehead atoms. The lowest BCUT2D eigenvalue weighted by Gasteiger charge is -2.34. The Kier molecular flexibility index (Phi) is 10.4. The molecule has 7 aromatic rings. The Labute approximate surface area is 308 Å². The highest BCUT2D eigenvalue weighted by atomic mass is 16.7. The van der Waals surface area contributed by atoms with Gasteiger partial charge in [0.2, 0.25) is 0 Å². The molecule has 0 saturated heterocycles. The minimum absolute atomic E-state index is 0.360. The maximum Gasteiger partial charge on any atom is 0.373 e. The van der Waals surface area contributed by atoms with Gasteiger partial charge in [-0.05, 0) is 94.0 Å². The van der Waals surface area contributed by atoms with Crippen LogP contribution in [0.5, 0.6) is 28.7 Å². The molecule has 1 unspecified atom stereocenters. The van der Waals surface area contributed by atoms with E-state index in [-0.39, 0.29) is 0 Å². The molecule has 0 aromatic heterocycles. The quantitative estimate of drug-likeness (QED) is 0.0901. The Morgan fingerprint density at radius 3 is 1.28 bits per heavy atom. The van der Waals surface area contributed by atoms with Gasteiger partial charge >= 0.3 is 12.3 Å². The maximum atomic E-state index is 12.7. The Hall–Kier alpha value is -6.89. The molecular weight excluding hydrogens is 661 g/mol. The highest BCUT2D eigenvalue weighted by Gasteiger charge is 2.39. The number of carbonyl (C=O) groups is 1. The molecule has 0 fully saturated rings. The van der Waals surface area contributed by atoms with Crippen molar-refractivity contribution in [3.05, 3.63) is 212 Å². The number of hydrogen-bond donors (Lipinski definition) is 1. The van der Waals surface area contributed by atoms with E-state index < -0.39 is 17.9 Å². The fraction of sp³-hybridized carbons (Fsp3) is 0.0426. The first kappa shape index (κ1) is 34.6. The summed E-state index contributed by atoms with van der Waals surface area (Å²) in [5, 5.41) is 10.3. The van der Waals surface area contributed by atoms with Crippen molar-refractivity contribution in [1.29, 1.82) is 0 Å². The van der Waals surface area contributed by atoms with Gasteiger partial charge in [-0.3, -0.25) is 0 Å². The van der Waals surface area contributed by atoms with E-state index in [2.05, 4.69) is 6.58 Å². The van der Waals surface area contributed by atoms with Gasteiger partial charge < -0.3 is 24.1 Å². The average molecular weight is 697 g/mol. The van der Waals surface area contributed by atoms with Crippen molar-refractivity contribution in [2.45, 2.75) is 11.9 Å². The summed E-state index contributed by atoms with van der Waals surface area (Å²) in [6, 6.07) is 59.2. The first-order chi connectivity index (χ1) is 26.0. The number of carboxylic acid groups (broad SMARTS) is 1. The largest absolute Gasteiger partial charge is 0.477 e. The summed E-state index contributed by atoms with van der Waals surface area (Å²) >= 11 is 0. The molecule has 0 saturated carbocycles. The zero-order chi connectivity index (χ0) is 36.5. The van der Waals surface area contributed by atoms with E-state index in [0.717, 1.165) is 33.8 Å². The number of hydrogen-bond acceptors (Lipinski definition) is 5. The molecule has 1 atom stereocenters. The van der Waals surface area contributed by atoms with E-state index in [0.29, 0.717) is 28.4 Å². The van der Waals surface area contributed by atoms with Crippen molar-refractivity contribution in [3.63, 3.8) is 0 Å². The second-order valence-corrected chi connectivity index (χ2v) is 12.2. The third-order valence-corrected chi connectivity index (χ3v) is 8.69.